The maximum atomic E-state index is 12.5. The number of rotatable bonds is 3. The van der Waals surface area contributed by atoms with Crippen LogP contribution in [0.25, 0.3) is 15.5 Å². The third kappa shape index (κ3) is 3.06. The number of nitrogens with zero attached hydrogens (tertiary/aromatic N) is 4. The van der Waals surface area contributed by atoms with Crippen LogP contribution < -0.4 is 5.32 Å². The zero-order valence-electron chi connectivity index (χ0n) is 13.1. The molecule has 2 aromatic heterocycles. The van der Waals surface area contributed by atoms with E-state index in [0.29, 0.717) is 11.3 Å². The molecule has 0 aliphatic rings. The first-order chi connectivity index (χ1) is 12.1. The molecule has 0 radical (unpaired) electrons. The Morgan fingerprint density at radius 1 is 1.16 bits per heavy atom. The van der Waals surface area contributed by atoms with Gasteiger partial charge in [-0.15, -0.1) is 10.2 Å². The molecule has 4 aromatic rings. The number of carbonyl (C=O) groups is 1. The lowest BCUT2D eigenvalue weighted by molar-refractivity contribution is 0.102. The Bertz CT molecular complexity index is 1090. The Labute approximate surface area is 155 Å². The monoisotopic (exact) mass is 413 g/mol. The number of aromatic nitrogens is 4. The van der Waals surface area contributed by atoms with Gasteiger partial charge in [0.05, 0.1) is 5.56 Å². The molecule has 25 heavy (non-hydrogen) atoms. The third-order valence-electron chi connectivity index (χ3n) is 3.63. The summed E-state index contributed by atoms with van der Waals surface area (Å²) >= 11 is 4.85. The van der Waals surface area contributed by atoms with Gasteiger partial charge in [-0.3, -0.25) is 4.79 Å². The lowest BCUT2D eigenvalue weighted by atomic mass is 10.2. The molecule has 0 atom stereocenters. The number of nitrogens with one attached hydrogen (secondary N) is 1. The zero-order chi connectivity index (χ0) is 17.4. The van der Waals surface area contributed by atoms with Crippen molar-refractivity contribution in [2.24, 2.45) is 0 Å². The number of anilines is 1. The average Bonchev–Trinajstić information content (AvgIpc) is 3.18. The number of carbonyl (C=O) groups excluding carboxylic acids is 1. The molecule has 0 fully saturated rings. The molecule has 1 amide bonds. The van der Waals surface area contributed by atoms with E-state index in [1.807, 2.05) is 49.4 Å². The summed E-state index contributed by atoms with van der Waals surface area (Å²) in [5.41, 5.74) is 2.21. The number of halogens is 1. The lowest BCUT2D eigenvalue weighted by Crippen LogP contribution is -2.12. The fourth-order valence-corrected chi connectivity index (χ4v) is 3.75. The highest BCUT2D eigenvalue weighted by Gasteiger charge is 2.13. The van der Waals surface area contributed by atoms with Crippen LogP contribution in [0.2, 0.25) is 0 Å². The van der Waals surface area contributed by atoms with Crippen LogP contribution in [-0.4, -0.2) is 25.7 Å². The summed E-state index contributed by atoms with van der Waals surface area (Å²) in [6.45, 7) is 1.86. The van der Waals surface area contributed by atoms with Crippen molar-refractivity contribution in [2.45, 2.75) is 6.92 Å². The summed E-state index contributed by atoms with van der Waals surface area (Å²) in [5, 5.41) is 16.3. The molecule has 0 unspecified atom stereocenters. The van der Waals surface area contributed by atoms with E-state index in [0.717, 1.165) is 25.8 Å². The highest BCUT2D eigenvalue weighted by atomic mass is 79.9. The van der Waals surface area contributed by atoms with Gasteiger partial charge in [0.2, 0.25) is 4.96 Å². The highest BCUT2D eigenvalue weighted by molar-refractivity contribution is 9.10. The Morgan fingerprint density at radius 3 is 2.80 bits per heavy atom. The van der Waals surface area contributed by atoms with Gasteiger partial charge >= 0.3 is 0 Å². The standard InChI is InChI=1S/C17H12BrN5OS/c1-10-20-21-17-23(10)22-16(25-17)11-5-4-6-12(9-11)19-15(24)13-7-2-3-8-14(13)18/h2-9H,1H3,(H,19,24). The van der Waals surface area contributed by atoms with E-state index in [4.69, 9.17) is 0 Å². The summed E-state index contributed by atoms with van der Waals surface area (Å²) in [6, 6.07) is 14.9. The SMILES string of the molecule is Cc1nnc2sc(-c3cccc(NC(=O)c4ccccc4Br)c3)nn12. The lowest BCUT2D eigenvalue weighted by Gasteiger charge is -2.07. The number of amides is 1. The Hall–Kier alpha value is -2.58. The number of benzene rings is 2. The van der Waals surface area contributed by atoms with Crippen molar-refractivity contribution in [3.8, 4) is 10.6 Å². The second-order valence-electron chi connectivity index (χ2n) is 5.36. The summed E-state index contributed by atoms with van der Waals surface area (Å²) in [7, 11) is 0. The quantitative estimate of drug-likeness (QED) is 0.546. The maximum absolute atomic E-state index is 12.5. The van der Waals surface area contributed by atoms with Gasteiger partial charge in [0.1, 0.15) is 5.01 Å². The van der Waals surface area contributed by atoms with Gasteiger partial charge in [0.15, 0.2) is 5.82 Å². The van der Waals surface area contributed by atoms with E-state index >= 15 is 0 Å². The van der Waals surface area contributed by atoms with Crippen LogP contribution in [0.3, 0.4) is 0 Å². The van der Waals surface area contributed by atoms with Crippen molar-refractivity contribution in [1.82, 2.24) is 19.8 Å². The predicted molar refractivity (Wildman–Crippen MR) is 101 cm³/mol. The molecule has 1 N–H and O–H groups in total. The second-order valence-corrected chi connectivity index (χ2v) is 7.17. The minimum atomic E-state index is -0.168. The fraction of sp³-hybridized carbons (Fsp3) is 0.0588. The molecule has 0 aliphatic carbocycles. The molecule has 0 saturated carbocycles. The van der Waals surface area contributed by atoms with Crippen molar-refractivity contribution in [2.75, 3.05) is 5.32 Å². The summed E-state index contributed by atoms with van der Waals surface area (Å²) < 4.78 is 2.47. The smallest absolute Gasteiger partial charge is 0.256 e. The number of aryl methyl sites for hydroxylation is 1. The number of hydrogen-bond acceptors (Lipinski definition) is 5. The van der Waals surface area contributed by atoms with Gasteiger partial charge in [0.25, 0.3) is 5.91 Å². The van der Waals surface area contributed by atoms with Gasteiger partial charge < -0.3 is 5.32 Å². The van der Waals surface area contributed by atoms with Crippen LogP contribution in [0.1, 0.15) is 16.2 Å². The summed E-state index contributed by atoms with van der Waals surface area (Å²) in [6.07, 6.45) is 0. The third-order valence-corrected chi connectivity index (χ3v) is 5.27. The van der Waals surface area contributed by atoms with Crippen LogP contribution in [0.4, 0.5) is 5.69 Å². The molecule has 2 heterocycles. The van der Waals surface area contributed by atoms with Crippen molar-refractivity contribution in [1.29, 1.82) is 0 Å². The Morgan fingerprint density at radius 2 is 2.00 bits per heavy atom. The summed E-state index contributed by atoms with van der Waals surface area (Å²) in [5.74, 6) is 0.578. The van der Waals surface area contributed by atoms with Crippen LogP contribution in [0, 0.1) is 6.92 Å². The largest absolute Gasteiger partial charge is 0.322 e. The highest BCUT2D eigenvalue weighted by Crippen LogP contribution is 2.27. The van der Waals surface area contributed by atoms with E-state index in [1.165, 1.54) is 11.3 Å². The maximum Gasteiger partial charge on any atom is 0.256 e. The van der Waals surface area contributed by atoms with Gasteiger partial charge in [-0.1, -0.05) is 35.6 Å². The van der Waals surface area contributed by atoms with E-state index in [2.05, 4.69) is 36.5 Å². The molecule has 0 spiro atoms. The molecular weight excluding hydrogens is 402 g/mol. The zero-order valence-corrected chi connectivity index (χ0v) is 15.5. The van der Waals surface area contributed by atoms with E-state index < -0.39 is 0 Å². The normalized spacial score (nSPS) is 11.0. The van der Waals surface area contributed by atoms with Crippen molar-refractivity contribution in [3.05, 3.63) is 64.4 Å². The van der Waals surface area contributed by atoms with Crippen molar-refractivity contribution in [3.63, 3.8) is 0 Å². The van der Waals surface area contributed by atoms with Crippen LogP contribution in [-0.2, 0) is 0 Å². The van der Waals surface area contributed by atoms with Gasteiger partial charge in [-0.2, -0.15) is 9.61 Å². The molecule has 8 heteroatoms. The minimum absolute atomic E-state index is 0.168. The Kier molecular flexibility index (Phi) is 4.06. The first-order valence-electron chi connectivity index (χ1n) is 7.47. The first-order valence-corrected chi connectivity index (χ1v) is 9.08. The predicted octanol–water partition coefficient (Wildman–Crippen LogP) is 4.18. The molecular formula is C17H12BrN5OS. The van der Waals surface area contributed by atoms with Gasteiger partial charge in [-0.25, -0.2) is 0 Å². The molecule has 0 aliphatic heterocycles. The molecule has 0 bridgehead atoms. The minimum Gasteiger partial charge on any atom is -0.322 e. The second kappa shape index (κ2) is 6.38. The van der Waals surface area contributed by atoms with E-state index in [-0.39, 0.29) is 5.91 Å². The number of hydrogen-bond donors (Lipinski definition) is 1. The molecule has 2 aromatic carbocycles. The van der Waals surface area contributed by atoms with Crippen LogP contribution in [0.5, 0.6) is 0 Å². The molecule has 6 nitrogen and oxygen atoms in total. The molecule has 4 rings (SSSR count). The average molecular weight is 414 g/mol. The van der Waals surface area contributed by atoms with Crippen molar-refractivity contribution < 1.29 is 4.79 Å². The topological polar surface area (TPSA) is 72.2 Å². The molecule has 0 saturated heterocycles. The van der Waals surface area contributed by atoms with Gasteiger partial charge in [-0.05, 0) is 47.1 Å². The summed E-state index contributed by atoms with van der Waals surface area (Å²) in [4.78, 5) is 13.2. The first kappa shape index (κ1) is 15.9. The van der Waals surface area contributed by atoms with Gasteiger partial charge in [0, 0.05) is 15.7 Å². The van der Waals surface area contributed by atoms with Crippen molar-refractivity contribution >= 4 is 43.8 Å². The molecule has 124 valence electrons. The van der Waals surface area contributed by atoms with Crippen LogP contribution in [0.15, 0.2) is 53.0 Å². The number of fused-ring (bicyclic) bond motifs is 1. The van der Waals surface area contributed by atoms with Crippen LogP contribution >= 0.6 is 27.3 Å². The fourth-order valence-electron chi connectivity index (χ4n) is 2.41. The van der Waals surface area contributed by atoms with E-state index in [9.17, 15) is 4.79 Å². The van der Waals surface area contributed by atoms with E-state index in [1.54, 1.807) is 10.6 Å². The Balaban J connectivity index is 1.63.